The van der Waals surface area contributed by atoms with Crippen molar-refractivity contribution in [3.8, 4) is 11.5 Å². The second kappa shape index (κ2) is 11.7. The third-order valence-corrected chi connectivity index (χ3v) is 6.04. The summed E-state index contributed by atoms with van der Waals surface area (Å²) in [7, 11) is 2.11. The van der Waals surface area contributed by atoms with Gasteiger partial charge in [0.25, 0.3) is 0 Å². The van der Waals surface area contributed by atoms with Crippen LogP contribution in [0.4, 0.5) is 0 Å². The number of aromatic hydroxyl groups is 2. The molecule has 0 unspecified atom stereocenters. The summed E-state index contributed by atoms with van der Waals surface area (Å²) in [6.45, 7) is 5.38. The van der Waals surface area contributed by atoms with Crippen LogP contribution in [0.15, 0.2) is 30.3 Å². The van der Waals surface area contributed by atoms with Crippen LogP contribution in [0.5, 0.6) is 11.5 Å². The van der Waals surface area contributed by atoms with Crippen molar-refractivity contribution in [1.29, 1.82) is 0 Å². The zero-order valence-electron chi connectivity index (χ0n) is 18.8. The standard InChI is InChI=1S/C24H26N2O6.2ClH/c1-25-8-10-26(11-9-25)7-2-3-12-32-24(31)15-13-17-21(19(28)14-15)23(30)20-16(22(17)29)5-4-6-18(20)27;;/h4-6,13-14,27-28H,2-3,7-12H2,1H3;2*1H. The first-order valence-corrected chi connectivity index (χ1v) is 10.7. The number of rotatable bonds is 6. The number of carbonyl (C=O) groups excluding carboxylic acids is 3. The van der Waals surface area contributed by atoms with Gasteiger partial charge in [-0.05, 0) is 44.6 Å². The smallest absolute Gasteiger partial charge is 0.338 e. The number of phenolic OH excluding ortho intramolecular Hbond substituents is 2. The fourth-order valence-corrected chi connectivity index (χ4v) is 4.16. The molecule has 184 valence electrons. The average molecular weight is 511 g/mol. The Bertz CT molecular complexity index is 1080. The average Bonchev–Trinajstić information content (AvgIpc) is 2.77. The Labute approximate surface area is 210 Å². The van der Waals surface area contributed by atoms with Crippen LogP contribution in [0.1, 0.15) is 55.0 Å². The molecule has 4 rings (SSSR count). The molecule has 2 aromatic carbocycles. The highest BCUT2D eigenvalue weighted by Crippen LogP contribution is 2.37. The molecule has 0 saturated carbocycles. The van der Waals surface area contributed by atoms with Crippen LogP contribution in [0.2, 0.25) is 0 Å². The Balaban J connectivity index is 0.00000204. The van der Waals surface area contributed by atoms with Gasteiger partial charge in [0.1, 0.15) is 11.5 Å². The molecule has 1 heterocycles. The molecule has 2 N–H and O–H groups in total. The molecule has 10 heteroatoms. The van der Waals surface area contributed by atoms with E-state index >= 15 is 0 Å². The second-order valence-electron chi connectivity index (χ2n) is 8.26. The van der Waals surface area contributed by atoms with E-state index in [1.165, 1.54) is 24.3 Å². The molecule has 0 radical (unpaired) electrons. The Morgan fingerprint density at radius 2 is 1.59 bits per heavy atom. The number of ketones is 2. The van der Waals surface area contributed by atoms with Crippen molar-refractivity contribution in [2.45, 2.75) is 12.8 Å². The first kappa shape index (κ1) is 27.6. The molecule has 0 amide bonds. The van der Waals surface area contributed by atoms with E-state index in [4.69, 9.17) is 4.74 Å². The van der Waals surface area contributed by atoms with Crippen LogP contribution in [0, 0.1) is 0 Å². The van der Waals surface area contributed by atoms with E-state index in [1.54, 1.807) is 0 Å². The number of carbonyl (C=O) groups is 3. The Kier molecular flexibility index (Phi) is 9.46. The molecule has 1 aliphatic heterocycles. The molecular formula is C24H28Cl2N2O6. The lowest BCUT2D eigenvalue weighted by atomic mass is 9.82. The van der Waals surface area contributed by atoms with Gasteiger partial charge in [-0.1, -0.05) is 12.1 Å². The second-order valence-corrected chi connectivity index (χ2v) is 8.26. The first-order chi connectivity index (χ1) is 15.4. The summed E-state index contributed by atoms with van der Waals surface area (Å²) >= 11 is 0. The summed E-state index contributed by atoms with van der Waals surface area (Å²) in [6.07, 6.45) is 1.61. The summed E-state index contributed by atoms with van der Waals surface area (Å²) in [5.74, 6) is -2.68. The molecule has 2 aliphatic rings. The number of likely N-dealkylation sites (N-methyl/N-ethyl adjacent to an activating group) is 1. The first-order valence-electron chi connectivity index (χ1n) is 10.7. The highest BCUT2D eigenvalue weighted by molar-refractivity contribution is 6.30. The molecular weight excluding hydrogens is 483 g/mol. The molecule has 0 atom stereocenters. The predicted molar refractivity (Wildman–Crippen MR) is 131 cm³/mol. The lowest BCUT2D eigenvalue weighted by Crippen LogP contribution is -2.44. The fourth-order valence-electron chi connectivity index (χ4n) is 4.16. The number of ether oxygens (including phenoxy) is 1. The van der Waals surface area contributed by atoms with E-state index < -0.39 is 23.3 Å². The van der Waals surface area contributed by atoms with E-state index in [0.717, 1.165) is 45.2 Å². The Hall–Kier alpha value is -2.65. The SMILES string of the molecule is CN1CCN(CCCCOC(=O)c2cc(O)c3c(c2)C(=O)c2cccc(O)c2C3=O)CC1.Cl.Cl. The van der Waals surface area contributed by atoms with Crippen molar-refractivity contribution in [1.82, 2.24) is 9.80 Å². The number of piperazine rings is 1. The molecule has 2 aromatic rings. The molecule has 34 heavy (non-hydrogen) atoms. The zero-order valence-corrected chi connectivity index (χ0v) is 20.4. The molecule has 0 spiro atoms. The van der Waals surface area contributed by atoms with Crippen molar-refractivity contribution in [2.24, 2.45) is 0 Å². The van der Waals surface area contributed by atoms with Crippen LogP contribution in [0.25, 0.3) is 0 Å². The summed E-state index contributed by atoms with van der Waals surface area (Å²) in [5.41, 5.74) is -0.389. The minimum Gasteiger partial charge on any atom is -0.507 e. The summed E-state index contributed by atoms with van der Waals surface area (Å²) in [5, 5.41) is 20.4. The van der Waals surface area contributed by atoms with Crippen molar-refractivity contribution in [3.63, 3.8) is 0 Å². The monoisotopic (exact) mass is 510 g/mol. The van der Waals surface area contributed by atoms with E-state index in [2.05, 4.69) is 16.8 Å². The van der Waals surface area contributed by atoms with Gasteiger partial charge in [0.15, 0.2) is 5.78 Å². The number of nitrogens with zero attached hydrogens (tertiary/aromatic N) is 2. The number of benzene rings is 2. The maximum absolute atomic E-state index is 12.9. The Morgan fingerprint density at radius 3 is 2.29 bits per heavy atom. The zero-order chi connectivity index (χ0) is 22.8. The highest BCUT2D eigenvalue weighted by Gasteiger charge is 2.35. The molecule has 1 aliphatic carbocycles. The van der Waals surface area contributed by atoms with Gasteiger partial charge in [0.05, 0.1) is 23.3 Å². The van der Waals surface area contributed by atoms with Crippen molar-refractivity contribution < 1.29 is 29.3 Å². The van der Waals surface area contributed by atoms with Crippen LogP contribution >= 0.6 is 24.8 Å². The van der Waals surface area contributed by atoms with E-state index in [0.29, 0.717) is 6.42 Å². The van der Waals surface area contributed by atoms with Crippen molar-refractivity contribution >= 4 is 42.3 Å². The molecule has 0 aromatic heterocycles. The van der Waals surface area contributed by atoms with E-state index in [9.17, 15) is 24.6 Å². The normalized spacial score (nSPS) is 15.6. The van der Waals surface area contributed by atoms with Gasteiger partial charge in [-0.15, -0.1) is 24.8 Å². The summed E-state index contributed by atoms with van der Waals surface area (Å²) in [6, 6.07) is 6.60. The van der Waals surface area contributed by atoms with Crippen molar-refractivity contribution in [3.05, 3.63) is 58.1 Å². The number of halogens is 2. The maximum atomic E-state index is 12.9. The lowest BCUT2D eigenvalue weighted by molar-refractivity contribution is 0.0492. The fraction of sp³-hybridized carbons (Fsp3) is 0.375. The highest BCUT2D eigenvalue weighted by atomic mass is 35.5. The van der Waals surface area contributed by atoms with Crippen LogP contribution in [-0.4, -0.2) is 83.9 Å². The minimum atomic E-state index is -0.662. The summed E-state index contributed by atoms with van der Waals surface area (Å²) in [4.78, 5) is 42.8. The van der Waals surface area contributed by atoms with Crippen LogP contribution in [-0.2, 0) is 4.74 Å². The van der Waals surface area contributed by atoms with E-state index in [1.807, 2.05) is 0 Å². The van der Waals surface area contributed by atoms with Gasteiger partial charge in [-0.3, -0.25) is 9.59 Å². The topological polar surface area (TPSA) is 107 Å². The van der Waals surface area contributed by atoms with Crippen LogP contribution < -0.4 is 0 Å². The quantitative estimate of drug-likeness (QED) is 0.385. The van der Waals surface area contributed by atoms with Gasteiger partial charge in [-0.2, -0.15) is 0 Å². The van der Waals surface area contributed by atoms with Gasteiger partial charge in [-0.25, -0.2) is 4.79 Å². The number of phenols is 2. The number of fused-ring (bicyclic) bond motifs is 2. The van der Waals surface area contributed by atoms with Crippen LogP contribution in [0.3, 0.4) is 0 Å². The maximum Gasteiger partial charge on any atom is 0.338 e. The third kappa shape index (κ3) is 5.52. The molecule has 8 nitrogen and oxygen atoms in total. The van der Waals surface area contributed by atoms with Gasteiger partial charge in [0.2, 0.25) is 5.78 Å². The number of hydrogen-bond acceptors (Lipinski definition) is 8. The minimum absolute atomic E-state index is 0. The van der Waals surface area contributed by atoms with Gasteiger partial charge < -0.3 is 24.7 Å². The molecule has 1 saturated heterocycles. The van der Waals surface area contributed by atoms with Crippen molar-refractivity contribution in [2.75, 3.05) is 46.4 Å². The predicted octanol–water partition coefficient (Wildman–Crippen LogP) is 2.90. The number of hydrogen-bond donors (Lipinski definition) is 2. The molecule has 0 bridgehead atoms. The largest absolute Gasteiger partial charge is 0.507 e. The van der Waals surface area contributed by atoms with E-state index in [-0.39, 0.29) is 65.0 Å². The van der Waals surface area contributed by atoms with Gasteiger partial charge >= 0.3 is 5.97 Å². The Morgan fingerprint density at radius 1 is 0.912 bits per heavy atom. The summed E-state index contributed by atoms with van der Waals surface area (Å²) < 4.78 is 5.32. The molecule has 1 fully saturated rings. The third-order valence-electron chi connectivity index (χ3n) is 6.04. The number of unbranched alkanes of at least 4 members (excludes halogenated alkanes) is 1. The number of esters is 1. The van der Waals surface area contributed by atoms with Gasteiger partial charge in [0, 0.05) is 37.3 Å². The lowest BCUT2D eigenvalue weighted by Gasteiger charge is -2.32.